The lowest BCUT2D eigenvalue weighted by molar-refractivity contribution is -0.121. The second-order valence-electron chi connectivity index (χ2n) is 5.43. The molecule has 2 heterocycles. The zero-order valence-electron chi connectivity index (χ0n) is 13.4. The Morgan fingerprint density at radius 1 is 1.30 bits per heavy atom. The minimum Gasteiger partial charge on any atom is -0.477 e. The van der Waals surface area contributed by atoms with Crippen LogP contribution in [0.2, 0.25) is 0 Å². The molecule has 2 N–H and O–H groups in total. The van der Waals surface area contributed by atoms with Crippen LogP contribution >= 0.6 is 22.7 Å². The van der Waals surface area contributed by atoms with E-state index in [0.29, 0.717) is 17.1 Å². The molecule has 0 aliphatic rings. The molecule has 0 fully saturated rings. The molecule has 0 aliphatic heterocycles. The van der Waals surface area contributed by atoms with Gasteiger partial charge in [-0.1, -0.05) is 0 Å². The maximum absolute atomic E-state index is 12.0. The fourth-order valence-corrected chi connectivity index (χ4v) is 4.06. The van der Waals surface area contributed by atoms with Crippen molar-refractivity contribution in [2.75, 3.05) is 0 Å². The molecule has 7 heteroatoms. The van der Waals surface area contributed by atoms with Gasteiger partial charge in [-0.2, -0.15) is 0 Å². The third-order valence-corrected chi connectivity index (χ3v) is 5.77. The molecule has 5 nitrogen and oxygen atoms in total. The molecular weight excluding hydrogens is 332 g/mol. The maximum atomic E-state index is 12.0. The lowest BCUT2D eigenvalue weighted by Gasteiger charge is -2.10. The van der Waals surface area contributed by atoms with Crippen molar-refractivity contribution < 1.29 is 14.7 Å². The Labute approximate surface area is 143 Å². The van der Waals surface area contributed by atoms with Gasteiger partial charge in [0.25, 0.3) is 0 Å². The highest BCUT2D eigenvalue weighted by atomic mass is 32.1. The Morgan fingerprint density at radius 3 is 2.61 bits per heavy atom. The first kappa shape index (κ1) is 17.6. The van der Waals surface area contributed by atoms with Crippen LogP contribution in [-0.2, 0) is 11.2 Å². The van der Waals surface area contributed by atoms with Gasteiger partial charge in [-0.25, -0.2) is 9.78 Å². The minimum atomic E-state index is -0.976. The highest BCUT2D eigenvalue weighted by Gasteiger charge is 2.19. The number of hydrogen-bond donors (Lipinski definition) is 2. The summed E-state index contributed by atoms with van der Waals surface area (Å²) in [5, 5.41) is 12.6. The lowest BCUT2D eigenvalue weighted by atomic mass is 10.2. The first-order chi connectivity index (χ1) is 10.9. The van der Waals surface area contributed by atoms with Crippen molar-refractivity contribution in [3.8, 4) is 0 Å². The monoisotopic (exact) mass is 352 g/mol. The number of nitrogens with zero attached hydrogens (tertiary/aromatic N) is 1. The number of rotatable bonds is 7. The molecule has 0 aromatic carbocycles. The number of amides is 1. The average Bonchev–Trinajstić information content (AvgIpc) is 3.05. The van der Waals surface area contributed by atoms with Crippen LogP contribution in [0.25, 0.3) is 0 Å². The highest BCUT2D eigenvalue weighted by molar-refractivity contribution is 7.13. The third kappa shape index (κ3) is 4.87. The van der Waals surface area contributed by atoms with E-state index in [0.717, 1.165) is 24.2 Å². The largest absolute Gasteiger partial charge is 0.477 e. The molecule has 0 aliphatic carbocycles. The van der Waals surface area contributed by atoms with Gasteiger partial charge in [0, 0.05) is 16.2 Å². The van der Waals surface area contributed by atoms with E-state index in [1.807, 2.05) is 6.92 Å². The number of aromatic carboxylic acids is 1. The Morgan fingerprint density at radius 2 is 2.04 bits per heavy atom. The van der Waals surface area contributed by atoms with Crippen molar-refractivity contribution in [1.82, 2.24) is 10.3 Å². The van der Waals surface area contributed by atoms with Gasteiger partial charge in [0.05, 0.1) is 11.7 Å². The molecule has 2 aromatic heterocycles. The normalized spacial score (nSPS) is 12.1. The standard InChI is InChI=1S/C16H20N2O3S2/c1-9-7-8-12(22-9)5-4-6-13(19)17-11(3)15-18-10(2)14(23-15)16(20)21/h7-8,11H,4-6H2,1-3H3,(H,17,19)(H,20,21). The lowest BCUT2D eigenvalue weighted by Crippen LogP contribution is -2.26. The molecule has 2 aromatic rings. The number of carbonyl (C=O) groups is 2. The van der Waals surface area contributed by atoms with Crippen LogP contribution in [0.4, 0.5) is 0 Å². The van der Waals surface area contributed by atoms with Gasteiger partial charge < -0.3 is 10.4 Å². The summed E-state index contributed by atoms with van der Waals surface area (Å²) in [7, 11) is 0. The van der Waals surface area contributed by atoms with Crippen LogP contribution in [-0.4, -0.2) is 22.0 Å². The Bertz CT molecular complexity index is 706. The first-order valence-electron chi connectivity index (χ1n) is 7.42. The van der Waals surface area contributed by atoms with Crippen molar-refractivity contribution in [2.24, 2.45) is 0 Å². The summed E-state index contributed by atoms with van der Waals surface area (Å²) in [5.74, 6) is -1.01. The van der Waals surface area contributed by atoms with Gasteiger partial charge in [-0.3, -0.25) is 4.79 Å². The number of thiazole rings is 1. The summed E-state index contributed by atoms with van der Waals surface area (Å²) in [6.45, 7) is 5.56. The van der Waals surface area contributed by atoms with Crippen molar-refractivity contribution in [1.29, 1.82) is 0 Å². The molecule has 1 atom stereocenters. The SMILES string of the molecule is Cc1ccc(CCCC(=O)NC(C)c2nc(C)c(C(=O)O)s2)s1. The number of aromatic nitrogens is 1. The number of nitrogens with one attached hydrogen (secondary N) is 1. The van der Waals surface area contributed by atoms with Gasteiger partial charge in [-0.05, 0) is 45.7 Å². The number of carbonyl (C=O) groups excluding carboxylic acids is 1. The van der Waals surface area contributed by atoms with Crippen LogP contribution in [0.15, 0.2) is 12.1 Å². The topological polar surface area (TPSA) is 79.3 Å². The number of hydrogen-bond acceptors (Lipinski definition) is 5. The van der Waals surface area contributed by atoms with Gasteiger partial charge in [0.15, 0.2) is 0 Å². The van der Waals surface area contributed by atoms with E-state index in [2.05, 4.69) is 29.4 Å². The van der Waals surface area contributed by atoms with Gasteiger partial charge >= 0.3 is 5.97 Å². The summed E-state index contributed by atoms with van der Waals surface area (Å²) in [5.41, 5.74) is 0.492. The van der Waals surface area contributed by atoms with Crippen molar-refractivity contribution in [2.45, 2.75) is 46.1 Å². The van der Waals surface area contributed by atoms with E-state index in [1.165, 1.54) is 9.75 Å². The van der Waals surface area contributed by atoms with Gasteiger partial charge in [-0.15, -0.1) is 22.7 Å². The van der Waals surface area contributed by atoms with E-state index < -0.39 is 5.97 Å². The summed E-state index contributed by atoms with van der Waals surface area (Å²) >= 11 is 2.88. The van der Waals surface area contributed by atoms with Crippen molar-refractivity contribution in [3.05, 3.63) is 37.5 Å². The summed E-state index contributed by atoms with van der Waals surface area (Å²) in [6, 6.07) is 3.92. The number of carboxylic acid groups (broad SMARTS) is 1. The van der Waals surface area contributed by atoms with Crippen molar-refractivity contribution in [3.63, 3.8) is 0 Å². The number of carboxylic acids is 1. The molecule has 0 radical (unpaired) electrons. The van der Waals surface area contributed by atoms with Crippen LogP contribution in [0.3, 0.4) is 0 Å². The van der Waals surface area contributed by atoms with Crippen LogP contribution in [0.1, 0.15) is 55.9 Å². The molecule has 0 saturated carbocycles. The molecular formula is C16H20N2O3S2. The van der Waals surface area contributed by atoms with Crippen molar-refractivity contribution >= 4 is 34.6 Å². The minimum absolute atomic E-state index is 0.0319. The predicted octanol–water partition coefficient (Wildman–Crippen LogP) is 3.72. The van der Waals surface area contributed by atoms with E-state index in [9.17, 15) is 9.59 Å². The summed E-state index contributed by atoms with van der Waals surface area (Å²) < 4.78 is 0. The van der Waals surface area contributed by atoms with E-state index >= 15 is 0 Å². The van der Waals surface area contributed by atoms with Gasteiger partial charge in [0.1, 0.15) is 9.88 Å². The fraction of sp³-hybridized carbons (Fsp3) is 0.438. The second kappa shape index (κ2) is 7.70. The van der Waals surface area contributed by atoms with E-state index in [-0.39, 0.29) is 16.8 Å². The van der Waals surface area contributed by atoms with Crippen LogP contribution in [0.5, 0.6) is 0 Å². The average molecular weight is 352 g/mol. The van der Waals surface area contributed by atoms with E-state index in [1.54, 1.807) is 18.3 Å². The predicted molar refractivity (Wildman–Crippen MR) is 92.4 cm³/mol. The highest BCUT2D eigenvalue weighted by Crippen LogP contribution is 2.23. The zero-order valence-corrected chi connectivity index (χ0v) is 15.0. The molecule has 1 unspecified atom stereocenters. The molecule has 1 amide bonds. The van der Waals surface area contributed by atoms with Crippen LogP contribution in [0, 0.1) is 13.8 Å². The Kier molecular flexibility index (Phi) is 5.90. The quantitative estimate of drug-likeness (QED) is 0.796. The van der Waals surface area contributed by atoms with E-state index in [4.69, 9.17) is 5.11 Å². The summed E-state index contributed by atoms with van der Waals surface area (Å²) in [6.07, 6.45) is 2.16. The molecule has 0 spiro atoms. The molecule has 124 valence electrons. The Hall–Kier alpha value is -1.73. The molecule has 0 bridgehead atoms. The smallest absolute Gasteiger partial charge is 0.347 e. The maximum Gasteiger partial charge on any atom is 0.347 e. The summed E-state index contributed by atoms with van der Waals surface area (Å²) in [4.78, 5) is 30.1. The zero-order chi connectivity index (χ0) is 17.0. The Balaban J connectivity index is 1.82. The molecule has 23 heavy (non-hydrogen) atoms. The fourth-order valence-electron chi connectivity index (χ4n) is 2.22. The second-order valence-corrected chi connectivity index (χ2v) is 7.83. The van der Waals surface area contributed by atoms with Crippen LogP contribution < -0.4 is 5.32 Å². The molecule has 2 rings (SSSR count). The molecule has 0 saturated heterocycles. The first-order valence-corrected chi connectivity index (χ1v) is 9.05. The third-order valence-electron chi connectivity index (χ3n) is 3.38. The number of thiophene rings is 1. The van der Waals surface area contributed by atoms with Gasteiger partial charge in [0.2, 0.25) is 5.91 Å². The number of aryl methyl sites for hydroxylation is 3.